The van der Waals surface area contributed by atoms with Crippen LogP contribution < -0.4 is 10.6 Å². The van der Waals surface area contributed by atoms with Gasteiger partial charge in [-0.25, -0.2) is 0 Å². The number of rotatable bonds is 8. The van der Waals surface area contributed by atoms with Gasteiger partial charge in [0, 0.05) is 24.3 Å². The maximum Gasteiger partial charge on any atom is 0.226 e. The fourth-order valence-corrected chi connectivity index (χ4v) is 2.11. The molecule has 3 heteroatoms. The number of benzene rings is 1. The summed E-state index contributed by atoms with van der Waals surface area (Å²) in [6, 6.07) is 7.55. The van der Waals surface area contributed by atoms with E-state index in [-0.39, 0.29) is 5.91 Å². The van der Waals surface area contributed by atoms with Crippen molar-refractivity contribution in [3.05, 3.63) is 24.3 Å². The molecule has 0 aromatic heterocycles. The Hall–Kier alpha value is -1.51. The number of nitrogen functional groups attached to an aromatic ring is 1. The van der Waals surface area contributed by atoms with Crippen molar-refractivity contribution in [2.24, 2.45) is 0 Å². The van der Waals surface area contributed by atoms with E-state index in [1.807, 2.05) is 29.2 Å². The second kappa shape index (κ2) is 8.57. The molecule has 0 atom stereocenters. The van der Waals surface area contributed by atoms with Crippen molar-refractivity contribution in [1.82, 2.24) is 0 Å². The number of amides is 1. The van der Waals surface area contributed by atoms with Crippen molar-refractivity contribution >= 4 is 17.3 Å². The maximum absolute atomic E-state index is 12.3. The Balaban J connectivity index is 2.60. The quantitative estimate of drug-likeness (QED) is 0.569. The minimum Gasteiger partial charge on any atom is -0.399 e. The molecule has 0 fully saturated rings. The lowest BCUT2D eigenvalue weighted by molar-refractivity contribution is -0.118. The van der Waals surface area contributed by atoms with E-state index in [0.717, 1.165) is 37.2 Å². The van der Waals surface area contributed by atoms with E-state index in [2.05, 4.69) is 13.8 Å². The SMILES string of the molecule is CCCCCCC(=O)N(CCC)c1ccc(N)cc1. The first-order valence-corrected chi connectivity index (χ1v) is 7.35. The molecule has 1 amide bonds. The maximum atomic E-state index is 12.3. The third kappa shape index (κ3) is 5.33. The highest BCUT2D eigenvalue weighted by atomic mass is 16.2. The first-order valence-electron chi connectivity index (χ1n) is 7.35. The van der Waals surface area contributed by atoms with E-state index in [1.54, 1.807) is 0 Å². The van der Waals surface area contributed by atoms with Crippen molar-refractivity contribution in [1.29, 1.82) is 0 Å². The van der Waals surface area contributed by atoms with Crippen LogP contribution in [0, 0.1) is 0 Å². The monoisotopic (exact) mass is 262 g/mol. The molecule has 0 heterocycles. The Bertz CT molecular complexity index is 373. The van der Waals surface area contributed by atoms with Crippen molar-refractivity contribution in [2.75, 3.05) is 17.2 Å². The van der Waals surface area contributed by atoms with Gasteiger partial charge in [0.05, 0.1) is 0 Å². The minimum absolute atomic E-state index is 0.225. The first kappa shape index (κ1) is 15.5. The van der Waals surface area contributed by atoms with Crippen LogP contribution in [0.4, 0.5) is 11.4 Å². The average molecular weight is 262 g/mol. The van der Waals surface area contributed by atoms with Gasteiger partial charge in [0.2, 0.25) is 5.91 Å². The molecule has 0 spiro atoms. The fraction of sp³-hybridized carbons (Fsp3) is 0.562. The summed E-state index contributed by atoms with van der Waals surface area (Å²) in [5.41, 5.74) is 7.37. The molecule has 1 aromatic rings. The third-order valence-corrected chi connectivity index (χ3v) is 3.20. The van der Waals surface area contributed by atoms with Gasteiger partial charge in [-0.1, -0.05) is 33.1 Å². The van der Waals surface area contributed by atoms with Crippen LogP contribution in [0.2, 0.25) is 0 Å². The molecule has 0 saturated heterocycles. The number of hydrogen-bond donors (Lipinski definition) is 1. The molecule has 3 nitrogen and oxygen atoms in total. The van der Waals surface area contributed by atoms with Crippen LogP contribution >= 0.6 is 0 Å². The Labute approximate surface area is 116 Å². The number of carbonyl (C=O) groups is 1. The van der Waals surface area contributed by atoms with Crippen molar-refractivity contribution in [3.63, 3.8) is 0 Å². The van der Waals surface area contributed by atoms with E-state index in [4.69, 9.17) is 5.73 Å². The minimum atomic E-state index is 0.225. The van der Waals surface area contributed by atoms with Gasteiger partial charge in [0.15, 0.2) is 0 Å². The van der Waals surface area contributed by atoms with E-state index < -0.39 is 0 Å². The van der Waals surface area contributed by atoms with Gasteiger partial charge in [-0.2, -0.15) is 0 Å². The molecule has 0 aliphatic heterocycles. The van der Waals surface area contributed by atoms with Crippen LogP contribution in [0.15, 0.2) is 24.3 Å². The van der Waals surface area contributed by atoms with Crippen LogP contribution in [-0.4, -0.2) is 12.5 Å². The predicted molar refractivity (Wildman–Crippen MR) is 82.3 cm³/mol. The first-order chi connectivity index (χ1) is 9.19. The third-order valence-electron chi connectivity index (χ3n) is 3.20. The number of anilines is 2. The van der Waals surface area contributed by atoms with E-state index in [1.165, 1.54) is 12.8 Å². The summed E-state index contributed by atoms with van der Waals surface area (Å²) in [5, 5.41) is 0. The number of nitrogens with two attached hydrogens (primary N) is 1. The molecule has 0 bridgehead atoms. The summed E-state index contributed by atoms with van der Waals surface area (Å²) < 4.78 is 0. The van der Waals surface area contributed by atoms with Crippen LogP contribution in [0.5, 0.6) is 0 Å². The van der Waals surface area contributed by atoms with Crippen molar-refractivity contribution < 1.29 is 4.79 Å². The van der Waals surface area contributed by atoms with Gasteiger partial charge in [-0.3, -0.25) is 4.79 Å². The van der Waals surface area contributed by atoms with Crippen LogP contribution in [0.25, 0.3) is 0 Å². The zero-order valence-corrected chi connectivity index (χ0v) is 12.2. The number of unbranched alkanes of at least 4 members (excludes halogenated alkanes) is 3. The Morgan fingerprint density at radius 2 is 1.74 bits per heavy atom. The molecular weight excluding hydrogens is 236 g/mol. The zero-order chi connectivity index (χ0) is 14.1. The van der Waals surface area contributed by atoms with Crippen LogP contribution in [0.3, 0.4) is 0 Å². The van der Waals surface area contributed by atoms with E-state index in [0.29, 0.717) is 6.42 Å². The smallest absolute Gasteiger partial charge is 0.226 e. The normalized spacial score (nSPS) is 10.4. The Morgan fingerprint density at radius 1 is 1.05 bits per heavy atom. The standard InChI is InChI=1S/C16H26N2O/c1-3-5-6-7-8-16(19)18(13-4-2)15-11-9-14(17)10-12-15/h9-12H,3-8,13,17H2,1-2H3. The summed E-state index contributed by atoms with van der Waals surface area (Å²) in [6.07, 6.45) is 6.15. The molecule has 2 N–H and O–H groups in total. The summed E-state index contributed by atoms with van der Waals surface area (Å²) in [4.78, 5) is 14.2. The highest BCUT2D eigenvalue weighted by Gasteiger charge is 2.14. The number of carbonyl (C=O) groups excluding carboxylic acids is 1. The predicted octanol–water partition coefficient (Wildman–Crippen LogP) is 3.98. The number of hydrogen-bond acceptors (Lipinski definition) is 2. The van der Waals surface area contributed by atoms with Gasteiger partial charge in [-0.05, 0) is 37.1 Å². The van der Waals surface area contributed by atoms with Gasteiger partial charge in [0.25, 0.3) is 0 Å². The molecule has 1 aromatic carbocycles. The largest absolute Gasteiger partial charge is 0.399 e. The Kier molecular flexibility index (Phi) is 7.01. The van der Waals surface area contributed by atoms with E-state index >= 15 is 0 Å². The highest BCUT2D eigenvalue weighted by molar-refractivity contribution is 5.93. The molecule has 0 unspecified atom stereocenters. The second-order valence-corrected chi connectivity index (χ2v) is 4.95. The van der Waals surface area contributed by atoms with Gasteiger partial charge in [-0.15, -0.1) is 0 Å². The molecular formula is C16H26N2O. The van der Waals surface area contributed by atoms with Gasteiger partial charge >= 0.3 is 0 Å². The molecule has 19 heavy (non-hydrogen) atoms. The molecule has 0 aliphatic carbocycles. The zero-order valence-electron chi connectivity index (χ0n) is 12.2. The molecule has 0 aliphatic rings. The van der Waals surface area contributed by atoms with Gasteiger partial charge < -0.3 is 10.6 Å². The molecule has 0 saturated carbocycles. The Morgan fingerprint density at radius 3 is 2.32 bits per heavy atom. The molecule has 106 valence electrons. The lowest BCUT2D eigenvalue weighted by atomic mass is 10.1. The summed E-state index contributed by atoms with van der Waals surface area (Å²) >= 11 is 0. The average Bonchev–Trinajstić information content (AvgIpc) is 2.42. The van der Waals surface area contributed by atoms with Crippen molar-refractivity contribution in [3.8, 4) is 0 Å². The lowest BCUT2D eigenvalue weighted by Gasteiger charge is -2.22. The molecule has 1 rings (SSSR count). The number of nitrogens with zero attached hydrogens (tertiary/aromatic N) is 1. The summed E-state index contributed by atoms with van der Waals surface area (Å²) in [6.45, 7) is 5.05. The molecule has 0 radical (unpaired) electrons. The van der Waals surface area contributed by atoms with E-state index in [9.17, 15) is 4.79 Å². The fourth-order valence-electron chi connectivity index (χ4n) is 2.11. The lowest BCUT2D eigenvalue weighted by Crippen LogP contribution is -2.31. The van der Waals surface area contributed by atoms with Crippen LogP contribution in [-0.2, 0) is 4.79 Å². The van der Waals surface area contributed by atoms with Crippen molar-refractivity contribution in [2.45, 2.75) is 52.4 Å². The second-order valence-electron chi connectivity index (χ2n) is 4.95. The van der Waals surface area contributed by atoms with Crippen LogP contribution in [0.1, 0.15) is 52.4 Å². The summed E-state index contributed by atoms with van der Waals surface area (Å²) in [7, 11) is 0. The summed E-state index contributed by atoms with van der Waals surface area (Å²) in [5.74, 6) is 0.225. The highest BCUT2D eigenvalue weighted by Crippen LogP contribution is 2.18. The van der Waals surface area contributed by atoms with Gasteiger partial charge in [0.1, 0.15) is 0 Å². The topological polar surface area (TPSA) is 46.3 Å².